The summed E-state index contributed by atoms with van der Waals surface area (Å²) in [4.78, 5) is 24.4. The first-order chi connectivity index (χ1) is 8.07. The summed E-state index contributed by atoms with van der Waals surface area (Å²) in [7, 11) is 0. The minimum Gasteiger partial charge on any atom is -0.480 e. The first-order valence-electron chi connectivity index (χ1n) is 6.22. The number of nitrogens with zero attached hydrogens (tertiary/aromatic N) is 1. The number of ether oxygens (including phenoxy) is 1. The van der Waals surface area contributed by atoms with Crippen molar-refractivity contribution in [2.45, 2.75) is 51.7 Å². The lowest BCUT2D eigenvalue weighted by Crippen LogP contribution is -2.45. The molecular formula is C12H21NO4. The molecule has 0 saturated carbocycles. The molecule has 1 N–H and O–H groups in total. The summed E-state index contributed by atoms with van der Waals surface area (Å²) in [6, 6.07) is -0.667. The Morgan fingerprint density at radius 1 is 1.53 bits per heavy atom. The van der Waals surface area contributed by atoms with E-state index in [4.69, 9.17) is 9.84 Å². The van der Waals surface area contributed by atoms with Gasteiger partial charge in [-0.05, 0) is 26.2 Å². The maximum Gasteiger partial charge on any atom is 0.326 e. The second-order valence-corrected chi connectivity index (χ2v) is 4.39. The number of aliphatic carboxylic acids is 1. The maximum atomic E-state index is 12.0. The molecule has 5 nitrogen and oxygen atoms in total. The zero-order valence-corrected chi connectivity index (χ0v) is 10.5. The molecule has 1 saturated heterocycles. The van der Waals surface area contributed by atoms with Gasteiger partial charge in [-0.3, -0.25) is 4.79 Å². The highest BCUT2D eigenvalue weighted by Crippen LogP contribution is 2.19. The van der Waals surface area contributed by atoms with Gasteiger partial charge in [0.25, 0.3) is 5.91 Å². The molecule has 1 aliphatic heterocycles. The Morgan fingerprint density at radius 3 is 2.82 bits per heavy atom. The molecule has 0 aromatic heterocycles. The number of carboxylic acid groups (broad SMARTS) is 1. The average Bonchev–Trinajstić information content (AvgIpc) is 2.77. The van der Waals surface area contributed by atoms with Crippen LogP contribution in [-0.4, -0.2) is 47.2 Å². The standard InChI is InChI=1S/C12H21NO4/c1-3-4-8-17-9(2)11(14)13-7-5-6-10(13)12(15)16/h9-10H,3-8H2,1-2H3,(H,15,16). The quantitative estimate of drug-likeness (QED) is 0.713. The van der Waals surface area contributed by atoms with Gasteiger partial charge in [0.2, 0.25) is 0 Å². The lowest BCUT2D eigenvalue weighted by Gasteiger charge is -2.24. The van der Waals surface area contributed by atoms with Crippen LogP contribution in [0.15, 0.2) is 0 Å². The first kappa shape index (κ1) is 14.0. The molecule has 0 bridgehead atoms. The maximum absolute atomic E-state index is 12.0. The van der Waals surface area contributed by atoms with Crippen LogP contribution in [-0.2, 0) is 14.3 Å². The Labute approximate surface area is 102 Å². The predicted molar refractivity (Wildman–Crippen MR) is 62.7 cm³/mol. The summed E-state index contributed by atoms with van der Waals surface area (Å²) < 4.78 is 5.40. The molecule has 1 heterocycles. The lowest BCUT2D eigenvalue weighted by molar-refractivity contribution is -0.153. The summed E-state index contributed by atoms with van der Waals surface area (Å²) in [5.74, 6) is -1.12. The highest BCUT2D eigenvalue weighted by atomic mass is 16.5. The molecule has 1 amide bonds. The molecule has 98 valence electrons. The van der Waals surface area contributed by atoms with E-state index in [0.29, 0.717) is 19.6 Å². The van der Waals surface area contributed by atoms with Gasteiger partial charge in [-0.15, -0.1) is 0 Å². The van der Waals surface area contributed by atoms with Crippen molar-refractivity contribution in [3.63, 3.8) is 0 Å². The van der Waals surface area contributed by atoms with E-state index in [9.17, 15) is 9.59 Å². The number of hydrogen-bond acceptors (Lipinski definition) is 3. The van der Waals surface area contributed by atoms with Crippen molar-refractivity contribution < 1.29 is 19.4 Å². The third kappa shape index (κ3) is 3.70. The zero-order valence-electron chi connectivity index (χ0n) is 10.5. The van der Waals surface area contributed by atoms with Crippen LogP contribution in [0.1, 0.15) is 39.5 Å². The second-order valence-electron chi connectivity index (χ2n) is 4.39. The Bertz CT molecular complexity index is 280. The summed E-state index contributed by atoms with van der Waals surface area (Å²) in [6.45, 7) is 4.82. The molecule has 0 aliphatic carbocycles. The zero-order chi connectivity index (χ0) is 12.8. The Kier molecular flexibility index (Phi) is 5.41. The van der Waals surface area contributed by atoms with Crippen molar-refractivity contribution in [3.05, 3.63) is 0 Å². The smallest absolute Gasteiger partial charge is 0.326 e. The minimum absolute atomic E-state index is 0.203. The lowest BCUT2D eigenvalue weighted by atomic mass is 10.2. The molecule has 5 heteroatoms. The normalized spacial score (nSPS) is 21.5. The van der Waals surface area contributed by atoms with Crippen molar-refractivity contribution in [1.82, 2.24) is 4.90 Å². The molecule has 2 unspecified atom stereocenters. The van der Waals surface area contributed by atoms with E-state index >= 15 is 0 Å². The summed E-state index contributed by atoms with van der Waals surface area (Å²) in [5, 5.41) is 8.99. The fourth-order valence-corrected chi connectivity index (χ4v) is 2.00. The number of likely N-dealkylation sites (tertiary alicyclic amines) is 1. The average molecular weight is 243 g/mol. The van der Waals surface area contributed by atoms with E-state index < -0.39 is 18.1 Å². The molecule has 0 radical (unpaired) electrons. The predicted octanol–water partition coefficient (Wildman–Crippen LogP) is 1.27. The van der Waals surface area contributed by atoms with E-state index in [1.54, 1.807) is 6.92 Å². The van der Waals surface area contributed by atoms with Crippen LogP contribution in [0.2, 0.25) is 0 Å². The van der Waals surface area contributed by atoms with Crippen molar-refractivity contribution in [2.75, 3.05) is 13.2 Å². The highest BCUT2D eigenvalue weighted by molar-refractivity contribution is 5.86. The molecule has 1 rings (SSSR count). The largest absolute Gasteiger partial charge is 0.480 e. The number of unbranched alkanes of at least 4 members (excludes halogenated alkanes) is 1. The Hall–Kier alpha value is -1.10. The van der Waals surface area contributed by atoms with Crippen molar-refractivity contribution in [2.24, 2.45) is 0 Å². The number of amides is 1. The molecule has 1 aliphatic rings. The van der Waals surface area contributed by atoms with Crippen molar-refractivity contribution >= 4 is 11.9 Å². The van der Waals surface area contributed by atoms with Gasteiger partial charge >= 0.3 is 5.97 Å². The summed E-state index contributed by atoms with van der Waals surface area (Å²) in [5.41, 5.74) is 0. The number of carbonyl (C=O) groups is 2. The first-order valence-corrected chi connectivity index (χ1v) is 6.22. The number of rotatable bonds is 6. The molecule has 0 aromatic rings. The summed E-state index contributed by atoms with van der Waals surface area (Å²) in [6.07, 6.45) is 2.69. The van der Waals surface area contributed by atoms with Gasteiger partial charge < -0.3 is 14.7 Å². The van der Waals surface area contributed by atoms with Gasteiger partial charge in [-0.25, -0.2) is 4.79 Å². The van der Waals surface area contributed by atoms with E-state index in [0.717, 1.165) is 19.3 Å². The van der Waals surface area contributed by atoms with Crippen LogP contribution in [0.25, 0.3) is 0 Å². The van der Waals surface area contributed by atoms with Gasteiger partial charge in [0, 0.05) is 13.2 Å². The third-order valence-corrected chi connectivity index (χ3v) is 3.03. The Morgan fingerprint density at radius 2 is 2.24 bits per heavy atom. The van der Waals surface area contributed by atoms with Gasteiger partial charge in [-0.2, -0.15) is 0 Å². The molecule has 2 atom stereocenters. The molecule has 1 fully saturated rings. The van der Waals surface area contributed by atoms with Crippen LogP contribution >= 0.6 is 0 Å². The fourth-order valence-electron chi connectivity index (χ4n) is 2.00. The molecular weight excluding hydrogens is 222 g/mol. The second kappa shape index (κ2) is 6.59. The van der Waals surface area contributed by atoms with E-state index in [2.05, 4.69) is 6.92 Å². The van der Waals surface area contributed by atoms with E-state index in [1.165, 1.54) is 4.90 Å². The van der Waals surface area contributed by atoms with Gasteiger partial charge in [0.05, 0.1) is 0 Å². The van der Waals surface area contributed by atoms with Gasteiger partial charge in [-0.1, -0.05) is 13.3 Å². The van der Waals surface area contributed by atoms with Crippen LogP contribution in [0.3, 0.4) is 0 Å². The van der Waals surface area contributed by atoms with E-state index in [1.807, 2.05) is 0 Å². The molecule has 0 aromatic carbocycles. The van der Waals surface area contributed by atoms with Crippen LogP contribution < -0.4 is 0 Å². The minimum atomic E-state index is -0.920. The fraction of sp³-hybridized carbons (Fsp3) is 0.833. The topological polar surface area (TPSA) is 66.8 Å². The van der Waals surface area contributed by atoms with Gasteiger partial charge in [0.15, 0.2) is 0 Å². The van der Waals surface area contributed by atoms with Gasteiger partial charge in [0.1, 0.15) is 12.1 Å². The number of carbonyl (C=O) groups excluding carboxylic acids is 1. The number of hydrogen-bond donors (Lipinski definition) is 1. The van der Waals surface area contributed by atoms with E-state index in [-0.39, 0.29) is 5.91 Å². The van der Waals surface area contributed by atoms with Crippen LogP contribution in [0, 0.1) is 0 Å². The molecule has 0 spiro atoms. The van der Waals surface area contributed by atoms with Crippen LogP contribution in [0.5, 0.6) is 0 Å². The Balaban J connectivity index is 2.47. The van der Waals surface area contributed by atoms with Crippen LogP contribution in [0.4, 0.5) is 0 Å². The monoisotopic (exact) mass is 243 g/mol. The summed E-state index contributed by atoms with van der Waals surface area (Å²) >= 11 is 0. The SMILES string of the molecule is CCCCOC(C)C(=O)N1CCCC1C(=O)O. The number of carboxylic acids is 1. The van der Waals surface area contributed by atoms with Crippen molar-refractivity contribution in [3.8, 4) is 0 Å². The highest BCUT2D eigenvalue weighted by Gasteiger charge is 2.35. The van der Waals surface area contributed by atoms with Crippen molar-refractivity contribution in [1.29, 1.82) is 0 Å². The molecule has 17 heavy (non-hydrogen) atoms. The third-order valence-electron chi connectivity index (χ3n) is 3.03.